The fraction of sp³-hybridized carbons (Fsp3) is 0.258. The average Bonchev–Trinajstić information content (AvgIpc) is 3.38. The molecule has 0 bridgehead atoms. The molecule has 0 spiro atoms. The summed E-state index contributed by atoms with van der Waals surface area (Å²) in [5, 5.41) is 5.83. The van der Waals surface area contributed by atoms with Crippen LogP contribution >= 0.6 is 0 Å². The first-order valence-electron chi connectivity index (χ1n) is 12.8. The van der Waals surface area contributed by atoms with E-state index in [0.29, 0.717) is 24.3 Å². The molecule has 1 saturated heterocycles. The first-order valence-corrected chi connectivity index (χ1v) is 12.8. The Balaban J connectivity index is 1.47. The lowest BCUT2D eigenvalue weighted by molar-refractivity contribution is -0.127. The molecule has 2 atom stereocenters. The third-order valence-electron chi connectivity index (χ3n) is 6.92. The van der Waals surface area contributed by atoms with Crippen LogP contribution in [0.2, 0.25) is 0 Å². The molecule has 4 rings (SSSR count). The number of benzene rings is 3. The predicted octanol–water partition coefficient (Wildman–Crippen LogP) is 5.21. The molecule has 1 aliphatic rings. The molecule has 3 amide bonds. The highest BCUT2D eigenvalue weighted by Crippen LogP contribution is 2.31. The van der Waals surface area contributed by atoms with E-state index in [1.165, 1.54) is 6.08 Å². The topological polar surface area (TPSA) is 105 Å². The Hall–Kier alpha value is -4.39. The Labute approximate surface area is 223 Å². The molecule has 2 unspecified atom stereocenters. The van der Waals surface area contributed by atoms with Gasteiger partial charge in [0.2, 0.25) is 17.7 Å². The van der Waals surface area contributed by atoms with Crippen LogP contribution in [-0.4, -0.2) is 35.7 Å². The molecule has 3 aromatic rings. The highest BCUT2D eigenvalue weighted by atomic mass is 16.2. The maximum absolute atomic E-state index is 13.4. The van der Waals surface area contributed by atoms with Crippen molar-refractivity contribution in [2.24, 2.45) is 5.92 Å². The average molecular weight is 511 g/mol. The van der Waals surface area contributed by atoms with E-state index in [-0.39, 0.29) is 29.6 Å². The summed E-state index contributed by atoms with van der Waals surface area (Å²) < 4.78 is 0. The monoisotopic (exact) mass is 510 g/mol. The van der Waals surface area contributed by atoms with Gasteiger partial charge in [-0.25, -0.2) is 0 Å². The number of carbonyl (C=O) groups excluding carboxylic acids is 3. The quantitative estimate of drug-likeness (QED) is 0.286. The number of likely N-dealkylation sites (tertiary alicyclic amines) is 1. The van der Waals surface area contributed by atoms with Crippen LogP contribution in [0.4, 0.5) is 17.1 Å². The van der Waals surface area contributed by atoms with Crippen LogP contribution in [0.25, 0.3) is 6.08 Å². The Morgan fingerprint density at radius 3 is 2.37 bits per heavy atom. The number of nitrogens with zero attached hydrogens (tertiary/aromatic N) is 1. The summed E-state index contributed by atoms with van der Waals surface area (Å²) in [5.74, 6) is -0.392. The van der Waals surface area contributed by atoms with Crippen molar-refractivity contribution in [1.29, 1.82) is 0 Å². The van der Waals surface area contributed by atoms with Gasteiger partial charge in [-0.3, -0.25) is 14.4 Å². The molecular formula is C31H34N4O3. The summed E-state index contributed by atoms with van der Waals surface area (Å²) in [6.07, 6.45) is 4.71. The van der Waals surface area contributed by atoms with Crippen molar-refractivity contribution in [3.8, 4) is 0 Å². The van der Waals surface area contributed by atoms with Crippen molar-refractivity contribution in [2.45, 2.75) is 32.6 Å². The molecule has 0 aliphatic carbocycles. The zero-order valence-corrected chi connectivity index (χ0v) is 21.8. The van der Waals surface area contributed by atoms with E-state index in [1.54, 1.807) is 25.1 Å². The van der Waals surface area contributed by atoms with Gasteiger partial charge in [-0.05, 0) is 67.2 Å². The summed E-state index contributed by atoms with van der Waals surface area (Å²) in [6.45, 7) is 5.00. The molecule has 1 fully saturated rings. The van der Waals surface area contributed by atoms with Gasteiger partial charge in [0, 0.05) is 31.8 Å². The van der Waals surface area contributed by atoms with Crippen molar-refractivity contribution in [3.05, 3.63) is 95.6 Å². The van der Waals surface area contributed by atoms with Crippen LogP contribution in [0.15, 0.2) is 78.9 Å². The zero-order chi connectivity index (χ0) is 27.1. The van der Waals surface area contributed by atoms with Gasteiger partial charge >= 0.3 is 0 Å². The lowest BCUT2D eigenvalue weighted by Crippen LogP contribution is -2.27. The lowest BCUT2D eigenvalue weighted by Gasteiger charge is -2.21. The Morgan fingerprint density at radius 2 is 1.71 bits per heavy atom. The van der Waals surface area contributed by atoms with Gasteiger partial charge in [-0.1, -0.05) is 54.1 Å². The van der Waals surface area contributed by atoms with Gasteiger partial charge < -0.3 is 21.3 Å². The van der Waals surface area contributed by atoms with E-state index >= 15 is 0 Å². The maximum atomic E-state index is 13.4. The number of nitrogen functional groups attached to an aromatic ring is 1. The normalized spacial score (nSPS) is 15.8. The van der Waals surface area contributed by atoms with Crippen molar-refractivity contribution in [1.82, 2.24) is 4.90 Å². The summed E-state index contributed by atoms with van der Waals surface area (Å²) in [4.78, 5) is 39.4. The fourth-order valence-corrected chi connectivity index (χ4v) is 4.70. The summed E-state index contributed by atoms with van der Waals surface area (Å²) in [5.41, 5.74) is 10.6. The standard InChI is InChI=1S/C31H34N4O3/c1-21-7-14-26(15-8-21)33-31(38)27(19-24-17-18-35(20-24)22(2)36)25-12-9-23(10-13-25)11-16-30(37)34-29-6-4-3-5-28(29)32/h3-16,24,27H,17-20,32H2,1-2H3,(H,33,38)(H,34,37)/b16-11+. The summed E-state index contributed by atoms with van der Waals surface area (Å²) >= 11 is 0. The Kier molecular flexibility index (Phi) is 8.58. The number of hydrogen-bond donors (Lipinski definition) is 3. The fourth-order valence-electron chi connectivity index (χ4n) is 4.70. The second-order valence-corrected chi connectivity index (χ2v) is 9.84. The number of para-hydroxylation sites is 2. The van der Waals surface area contributed by atoms with Gasteiger partial charge in [0.1, 0.15) is 0 Å². The van der Waals surface area contributed by atoms with E-state index in [1.807, 2.05) is 72.5 Å². The Bertz CT molecular complexity index is 1320. The van der Waals surface area contributed by atoms with Gasteiger partial charge in [-0.2, -0.15) is 0 Å². The maximum Gasteiger partial charge on any atom is 0.248 e. The third kappa shape index (κ3) is 7.09. The van der Waals surface area contributed by atoms with Crippen molar-refractivity contribution < 1.29 is 14.4 Å². The van der Waals surface area contributed by atoms with Gasteiger partial charge in [0.25, 0.3) is 0 Å². The SMILES string of the molecule is CC(=O)N1CCC(CC(C(=O)Nc2ccc(C)cc2)c2ccc(/C=C/C(=O)Nc3ccccc3N)cc2)C1. The van der Waals surface area contributed by atoms with Gasteiger partial charge in [0.15, 0.2) is 0 Å². The number of anilines is 3. The first kappa shape index (κ1) is 26.7. The minimum absolute atomic E-state index is 0.0711. The highest BCUT2D eigenvalue weighted by Gasteiger charge is 2.30. The minimum Gasteiger partial charge on any atom is -0.397 e. The van der Waals surface area contributed by atoms with E-state index in [0.717, 1.165) is 35.3 Å². The molecule has 1 heterocycles. The minimum atomic E-state index is -0.365. The molecule has 0 aromatic heterocycles. The molecule has 1 aliphatic heterocycles. The molecule has 3 aromatic carbocycles. The van der Waals surface area contributed by atoms with Crippen LogP contribution in [0.1, 0.15) is 42.4 Å². The molecule has 196 valence electrons. The molecule has 4 N–H and O–H groups in total. The molecule has 38 heavy (non-hydrogen) atoms. The zero-order valence-electron chi connectivity index (χ0n) is 21.8. The molecule has 7 nitrogen and oxygen atoms in total. The van der Waals surface area contributed by atoms with Gasteiger partial charge in [0.05, 0.1) is 17.3 Å². The van der Waals surface area contributed by atoms with Crippen LogP contribution in [0.5, 0.6) is 0 Å². The lowest BCUT2D eigenvalue weighted by atomic mass is 9.87. The van der Waals surface area contributed by atoms with Crippen molar-refractivity contribution >= 4 is 40.9 Å². The van der Waals surface area contributed by atoms with E-state index in [4.69, 9.17) is 5.73 Å². The number of amides is 3. The third-order valence-corrected chi connectivity index (χ3v) is 6.92. The van der Waals surface area contributed by atoms with Crippen LogP contribution < -0.4 is 16.4 Å². The smallest absolute Gasteiger partial charge is 0.248 e. The molecule has 0 saturated carbocycles. The van der Waals surface area contributed by atoms with Crippen LogP contribution in [0, 0.1) is 12.8 Å². The summed E-state index contributed by atoms with van der Waals surface area (Å²) in [7, 11) is 0. The molecule has 0 radical (unpaired) electrons. The predicted molar refractivity (Wildman–Crippen MR) is 152 cm³/mol. The van der Waals surface area contributed by atoms with Crippen LogP contribution in [-0.2, 0) is 14.4 Å². The van der Waals surface area contributed by atoms with E-state index in [9.17, 15) is 14.4 Å². The number of aryl methyl sites for hydroxylation is 1. The van der Waals surface area contributed by atoms with E-state index in [2.05, 4.69) is 10.6 Å². The van der Waals surface area contributed by atoms with Gasteiger partial charge in [-0.15, -0.1) is 0 Å². The Morgan fingerprint density at radius 1 is 1.00 bits per heavy atom. The number of carbonyl (C=O) groups is 3. The second-order valence-electron chi connectivity index (χ2n) is 9.84. The van der Waals surface area contributed by atoms with Crippen LogP contribution in [0.3, 0.4) is 0 Å². The number of hydrogen-bond acceptors (Lipinski definition) is 4. The van der Waals surface area contributed by atoms with Crippen molar-refractivity contribution in [2.75, 3.05) is 29.5 Å². The number of rotatable bonds is 8. The summed E-state index contributed by atoms with van der Waals surface area (Å²) in [6, 6.07) is 22.5. The number of nitrogens with two attached hydrogens (primary N) is 1. The highest BCUT2D eigenvalue weighted by molar-refractivity contribution is 6.03. The van der Waals surface area contributed by atoms with E-state index < -0.39 is 0 Å². The first-order chi connectivity index (χ1) is 18.3. The molecular weight excluding hydrogens is 476 g/mol. The largest absolute Gasteiger partial charge is 0.397 e. The second kappa shape index (κ2) is 12.2. The van der Waals surface area contributed by atoms with Crippen molar-refractivity contribution in [3.63, 3.8) is 0 Å². The number of nitrogens with one attached hydrogen (secondary N) is 2. The molecule has 7 heteroatoms.